The lowest BCUT2D eigenvalue weighted by atomic mass is 9.90. The first-order valence-corrected chi connectivity index (χ1v) is 6.99. The van der Waals surface area contributed by atoms with Crippen LogP contribution >= 0.6 is 15.9 Å². The molecule has 0 aromatic carbocycles. The van der Waals surface area contributed by atoms with Crippen LogP contribution in [0.2, 0.25) is 0 Å². The highest BCUT2D eigenvalue weighted by atomic mass is 79.9. The van der Waals surface area contributed by atoms with E-state index in [0.29, 0.717) is 6.04 Å². The van der Waals surface area contributed by atoms with Gasteiger partial charge in [0, 0.05) is 6.04 Å². The van der Waals surface area contributed by atoms with Crippen LogP contribution in [0.4, 0.5) is 0 Å². The Morgan fingerprint density at radius 3 is 3.25 bits per heavy atom. The minimum absolute atomic E-state index is 0.0358. The van der Waals surface area contributed by atoms with Gasteiger partial charge in [-0.3, -0.25) is 0 Å². The van der Waals surface area contributed by atoms with Crippen molar-refractivity contribution in [2.45, 2.75) is 36.6 Å². The third kappa shape index (κ3) is 1.82. The highest BCUT2D eigenvalue weighted by Crippen LogP contribution is 2.43. The number of nitrogens with one attached hydrogen (secondary N) is 1. The quantitative estimate of drug-likeness (QED) is 0.671. The van der Waals surface area contributed by atoms with E-state index in [1.54, 1.807) is 11.1 Å². The summed E-state index contributed by atoms with van der Waals surface area (Å²) < 4.78 is 0.0358. The van der Waals surface area contributed by atoms with Gasteiger partial charge in [0.1, 0.15) is 0 Å². The van der Waals surface area contributed by atoms with Crippen LogP contribution in [-0.2, 0) is 0 Å². The maximum atomic E-state index is 3.76. The van der Waals surface area contributed by atoms with Gasteiger partial charge in [-0.1, -0.05) is 40.2 Å². The van der Waals surface area contributed by atoms with E-state index < -0.39 is 0 Å². The molecule has 1 nitrogen and oxygen atoms in total. The Kier molecular flexibility index (Phi) is 2.60. The molecular weight excluding hydrogens is 262 g/mol. The smallest absolute Gasteiger partial charge is 0.0597 e. The van der Waals surface area contributed by atoms with E-state index in [-0.39, 0.29) is 4.32 Å². The van der Waals surface area contributed by atoms with Gasteiger partial charge < -0.3 is 5.32 Å². The van der Waals surface area contributed by atoms with Gasteiger partial charge in [-0.05, 0) is 49.8 Å². The van der Waals surface area contributed by atoms with E-state index >= 15 is 0 Å². The lowest BCUT2D eigenvalue weighted by Gasteiger charge is -2.26. The van der Waals surface area contributed by atoms with Crippen molar-refractivity contribution in [3.63, 3.8) is 0 Å². The molecule has 3 unspecified atom stereocenters. The minimum atomic E-state index is 0.0358. The van der Waals surface area contributed by atoms with Crippen molar-refractivity contribution >= 4 is 15.9 Å². The normalized spacial score (nSPS) is 41.9. The average molecular weight is 280 g/mol. The van der Waals surface area contributed by atoms with Crippen molar-refractivity contribution in [3.8, 4) is 0 Å². The Morgan fingerprint density at radius 1 is 1.50 bits per heavy atom. The Hall–Kier alpha value is -0.340. The number of hydrogen-bond acceptors (Lipinski definition) is 1. The predicted molar refractivity (Wildman–Crippen MR) is 71.8 cm³/mol. The standard InChI is InChI=1S/C14H18BrN/c1-14(15)6-2-4-11-10(9-14)8-13-12(11)5-3-7-16-13/h2,4,6,9,12-13,16H,3,5,7-8H2,1H3. The molecule has 16 heavy (non-hydrogen) atoms. The number of rotatable bonds is 0. The molecule has 0 radical (unpaired) electrons. The summed E-state index contributed by atoms with van der Waals surface area (Å²) in [6, 6.07) is 0.695. The molecule has 3 aliphatic rings. The maximum absolute atomic E-state index is 3.76. The summed E-state index contributed by atoms with van der Waals surface area (Å²) in [5.41, 5.74) is 3.13. The number of hydrogen-bond donors (Lipinski definition) is 1. The molecule has 1 N–H and O–H groups in total. The first-order valence-electron chi connectivity index (χ1n) is 6.19. The first-order chi connectivity index (χ1) is 7.66. The third-order valence-corrected chi connectivity index (χ3v) is 4.44. The van der Waals surface area contributed by atoms with Gasteiger partial charge in [0.2, 0.25) is 0 Å². The Balaban J connectivity index is 1.98. The van der Waals surface area contributed by atoms with Gasteiger partial charge in [-0.2, -0.15) is 0 Å². The third-order valence-electron chi connectivity index (χ3n) is 3.95. The zero-order valence-corrected chi connectivity index (χ0v) is 11.3. The molecule has 86 valence electrons. The number of halogens is 1. The van der Waals surface area contributed by atoms with Gasteiger partial charge in [0.15, 0.2) is 0 Å². The maximum Gasteiger partial charge on any atom is 0.0597 e. The second-order valence-corrected chi connectivity index (χ2v) is 7.02. The van der Waals surface area contributed by atoms with Crippen LogP contribution in [-0.4, -0.2) is 16.9 Å². The fourth-order valence-corrected chi connectivity index (χ4v) is 3.66. The van der Waals surface area contributed by atoms with E-state index in [4.69, 9.17) is 0 Å². The molecule has 1 saturated carbocycles. The number of fused-ring (bicyclic) bond motifs is 3. The van der Waals surface area contributed by atoms with Gasteiger partial charge in [-0.15, -0.1) is 0 Å². The molecule has 2 aliphatic carbocycles. The van der Waals surface area contributed by atoms with E-state index in [1.807, 2.05) is 0 Å². The van der Waals surface area contributed by atoms with Crippen molar-refractivity contribution in [1.82, 2.24) is 5.32 Å². The summed E-state index contributed by atoms with van der Waals surface area (Å²) in [5, 5.41) is 3.66. The molecule has 1 heterocycles. The van der Waals surface area contributed by atoms with Gasteiger partial charge in [-0.25, -0.2) is 0 Å². The molecule has 0 aromatic heterocycles. The van der Waals surface area contributed by atoms with Crippen LogP contribution < -0.4 is 5.32 Å². The predicted octanol–water partition coefficient (Wildman–Crippen LogP) is 3.33. The van der Waals surface area contributed by atoms with Crippen LogP contribution in [0, 0.1) is 5.92 Å². The highest BCUT2D eigenvalue weighted by molar-refractivity contribution is 9.10. The summed E-state index contributed by atoms with van der Waals surface area (Å²) >= 11 is 3.76. The van der Waals surface area contributed by atoms with Gasteiger partial charge >= 0.3 is 0 Å². The molecular formula is C14H18BrN. The van der Waals surface area contributed by atoms with Crippen molar-refractivity contribution in [2.24, 2.45) is 5.92 Å². The van der Waals surface area contributed by atoms with Crippen molar-refractivity contribution in [2.75, 3.05) is 6.54 Å². The van der Waals surface area contributed by atoms with Crippen LogP contribution in [0.1, 0.15) is 26.2 Å². The second kappa shape index (κ2) is 3.85. The molecule has 3 atom stereocenters. The van der Waals surface area contributed by atoms with Crippen LogP contribution in [0.25, 0.3) is 0 Å². The summed E-state index contributed by atoms with van der Waals surface area (Å²) in [7, 11) is 0. The summed E-state index contributed by atoms with van der Waals surface area (Å²) in [6.45, 7) is 3.41. The summed E-state index contributed by atoms with van der Waals surface area (Å²) in [6.07, 6.45) is 13.0. The molecule has 0 aromatic rings. The van der Waals surface area contributed by atoms with Crippen molar-refractivity contribution < 1.29 is 0 Å². The Labute approximate surface area is 106 Å². The average Bonchev–Trinajstić information content (AvgIpc) is 2.48. The van der Waals surface area contributed by atoms with Crippen LogP contribution in [0.3, 0.4) is 0 Å². The van der Waals surface area contributed by atoms with Crippen molar-refractivity contribution in [3.05, 3.63) is 35.5 Å². The molecule has 2 fully saturated rings. The number of alkyl halides is 1. The number of allylic oxidation sites excluding steroid dienone is 4. The van der Waals surface area contributed by atoms with E-state index in [0.717, 1.165) is 5.92 Å². The SMILES string of the molecule is CC1(Br)C=CC=C2C(=C1)CC1NCCCC21. The molecule has 0 spiro atoms. The highest BCUT2D eigenvalue weighted by Gasteiger charge is 2.37. The molecule has 1 saturated heterocycles. The monoisotopic (exact) mass is 279 g/mol. The Bertz CT molecular complexity index is 390. The molecule has 0 amide bonds. The molecule has 2 heteroatoms. The fourth-order valence-electron chi connectivity index (χ4n) is 3.23. The van der Waals surface area contributed by atoms with Crippen LogP contribution in [0.5, 0.6) is 0 Å². The molecule has 3 rings (SSSR count). The topological polar surface area (TPSA) is 12.0 Å². The first kappa shape index (κ1) is 10.8. The van der Waals surface area contributed by atoms with E-state index in [1.165, 1.54) is 25.8 Å². The second-order valence-electron chi connectivity index (χ2n) is 5.32. The van der Waals surface area contributed by atoms with Crippen LogP contribution in [0.15, 0.2) is 35.5 Å². The zero-order valence-electron chi connectivity index (χ0n) is 9.67. The number of piperidine rings is 1. The molecule has 0 bridgehead atoms. The van der Waals surface area contributed by atoms with Gasteiger partial charge in [0.05, 0.1) is 4.32 Å². The largest absolute Gasteiger partial charge is 0.313 e. The Morgan fingerprint density at radius 2 is 2.38 bits per heavy atom. The summed E-state index contributed by atoms with van der Waals surface area (Å²) in [4.78, 5) is 0. The lowest BCUT2D eigenvalue weighted by Crippen LogP contribution is -2.38. The zero-order chi connectivity index (χ0) is 11.2. The summed E-state index contributed by atoms with van der Waals surface area (Å²) in [5.74, 6) is 0.756. The minimum Gasteiger partial charge on any atom is -0.313 e. The van der Waals surface area contributed by atoms with E-state index in [2.05, 4.69) is 52.5 Å². The van der Waals surface area contributed by atoms with Crippen molar-refractivity contribution in [1.29, 1.82) is 0 Å². The molecule has 1 aliphatic heterocycles. The lowest BCUT2D eigenvalue weighted by molar-refractivity contribution is 0.347. The van der Waals surface area contributed by atoms with Gasteiger partial charge in [0.25, 0.3) is 0 Å². The van der Waals surface area contributed by atoms with E-state index in [9.17, 15) is 0 Å². The fraction of sp³-hybridized carbons (Fsp3) is 0.571.